The molecule has 0 saturated carbocycles. The maximum Gasteiger partial charge on any atom is 0.237 e. The lowest BCUT2D eigenvalue weighted by atomic mass is 10.1. The molecule has 2 aromatic carbocycles. The lowest BCUT2D eigenvalue weighted by Gasteiger charge is -2.21. The van der Waals surface area contributed by atoms with Crippen molar-refractivity contribution in [3.05, 3.63) is 64.7 Å². The number of ether oxygens (including phenoxy) is 1. The molecule has 0 aromatic heterocycles. The summed E-state index contributed by atoms with van der Waals surface area (Å²) in [6.07, 6.45) is 0. The van der Waals surface area contributed by atoms with Crippen molar-refractivity contribution in [1.29, 1.82) is 0 Å². The first kappa shape index (κ1) is 18.3. The Kier molecular flexibility index (Phi) is 6.64. The molecular weight excluding hydrogens is 324 g/mol. The summed E-state index contributed by atoms with van der Waals surface area (Å²) in [4.78, 5) is 12.3. The maximum atomic E-state index is 12.3. The third-order valence-electron chi connectivity index (χ3n) is 3.89. The Hall–Kier alpha value is -2.04. The third-order valence-corrected chi connectivity index (χ3v) is 4.24. The number of hydrogen-bond donors (Lipinski definition) is 2. The highest BCUT2D eigenvalue weighted by molar-refractivity contribution is 6.31. The lowest BCUT2D eigenvalue weighted by Crippen LogP contribution is -2.42. The van der Waals surface area contributed by atoms with E-state index >= 15 is 0 Å². The van der Waals surface area contributed by atoms with Crippen LogP contribution in [0.25, 0.3) is 0 Å². The quantitative estimate of drug-likeness (QED) is 0.803. The average Bonchev–Trinajstić information content (AvgIpc) is 2.60. The number of carbonyl (C=O) groups is 1. The van der Waals surface area contributed by atoms with Crippen molar-refractivity contribution in [2.75, 3.05) is 7.11 Å². The molecule has 2 aromatic rings. The van der Waals surface area contributed by atoms with Gasteiger partial charge in [-0.2, -0.15) is 0 Å². The van der Waals surface area contributed by atoms with E-state index in [1.807, 2.05) is 62.4 Å². The predicted molar refractivity (Wildman–Crippen MR) is 97.3 cm³/mol. The van der Waals surface area contributed by atoms with Crippen LogP contribution in [0.1, 0.15) is 31.0 Å². The Bertz CT molecular complexity index is 673. The molecular formula is C19H23ClN2O2. The van der Waals surface area contributed by atoms with E-state index in [0.29, 0.717) is 11.6 Å². The fraction of sp³-hybridized carbons (Fsp3) is 0.316. The lowest BCUT2D eigenvalue weighted by molar-refractivity contribution is -0.123. The predicted octanol–water partition coefficient (Wildman–Crippen LogP) is 3.70. The standard InChI is InChI=1S/C19H23ClN2O2/c1-13(17-6-4-5-7-18(17)20)22-14(2)19(23)21-12-15-8-10-16(24-3)11-9-15/h4-11,13-14,22H,12H2,1-3H3,(H,21,23)/t13-,14-/m0/s1. The van der Waals surface area contributed by atoms with Crippen LogP contribution in [0, 0.1) is 0 Å². The number of amides is 1. The van der Waals surface area contributed by atoms with Gasteiger partial charge in [0, 0.05) is 17.6 Å². The van der Waals surface area contributed by atoms with Gasteiger partial charge in [0.2, 0.25) is 5.91 Å². The van der Waals surface area contributed by atoms with Crippen LogP contribution in [0.2, 0.25) is 5.02 Å². The van der Waals surface area contributed by atoms with E-state index in [1.165, 1.54) is 0 Å². The first-order valence-corrected chi connectivity index (χ1v) is 8.30. The van der Waals surface area contributed by atoms with Crippen LogP contribution in [0.15, 0.2) is 48.5 Å². The number of nitrogens with one attached hydrogen (secondary N) is 2. The minimum Gasteiger partial charge on any atom is -0.497 e. The fourth-order valence-corrected chi connectivity index (χ4v) is 2.75. The summed E-state index contributed by atoms with van der Waals surface area (Å²) < 4.78 is 5.12. The topological polar surface area (TPSA) is 50.4 Å². The van der Waals surface area contributed by atoms with Crippen molar-refractivity contribution >= 4 is 17.5 Å². The number of halogens is 1. The van der Waals surface area contributed by atoms with Crippen molar-refractivity contribution in [2.24, 2.45) is 0 Å². The second kappa shape index (κ2) is 8.71. The first-order valence-electron chi connectivity index (χ1n) is 7.92. The zero-order valence-electron chi connectivity index (χ0n) is 14.2. The Morgan fingerprint density at radius 1 is 1.12 bits per heavy atom. The molecule has 0 unspecified atom stereocenters. The van der Waals surface area contributed by atoms with E-state index in [2.05, 4.69) is 10.6 Å². The first-order chi connectivity index (χ1) is 11.5. The van der Waals surface area contributed by atoms with Crippen LogP contribution in [0.3, 0.4) is 0 Å². The molecule has 2 atom stereocenters. The molecule has 0 saturated heterocycles. The minimum absolute atomic E-state index is 0.0135. The number of hydrogen-bond acceptors (Lipinski definition) is 3. The highest BCUT2D eigenvalue weighted by Crippen LogP contribution is 2.22. The second-order valence-corrected chi connectivity index (χ2v) is 6.10. The van der Waals surface area contributed by atoms with Crippen molar-refractivity contribution < 1.29 is 9.53 Å². The van der Waals surface area contributed by atoms with E-state index in [4.69, 9.17) is 16.3 Å². The van der Waals surface area contributed by atoms with Crippen molar-refractivity contribution in [3.8, 4) is 5.75 Å². The van der Waals surface area contributed by atoms with Crippen molar-refractivity contribution in [3.63, 3.8) is 0 Å². The Morgan fingerprint density at radius 3 is 2.42 bits per heavy atom. The van der Waals surface area contributed by atoms with Gasteiger partial charge in [0.15, 0.2) is 0 Å². The molecule has 128 valence electrons. The average molecular weight is 347 g/mol. The van der Waals surface area contributed by atoms with Gasteiger partial charge < -0.3 is 10.1 Å². The van der Waals surface area contributed by atoms with Gasteiger partial charge in [0.05, 0.1) is 13.2 Å². The molecule has 0 aliphatic heterocycles. The SMILES string of the molecule is COc1ccc(CNC(=O)[C@H](C)N[C@@H](C)c2ccccc2Cl)cc1. The Balaban J connectivity index is 1.86. The molecule has 24 heavy (non-hydrogen) atoms. The van der Waals surface area contributed by atoms with Gasteiger partial charge in [0.25, 0.3) is 0 Å². The number of methoxy groups -OCH3 is 1. The van der Waals surface area contributed by atoms with E-state index in [-0.39, 0.29) is 18.0 Å². The van der Waals surface area contributed by atoms with Crippen LogP contribution in [0.5, 0.6) is 5.75 Å². The molecule has 0 radical (unpaired) electrons. The summed E-state index contributed by atoms with van der Waals surface area (Å²) in [6, 6.07) is 14.9. The Morgan fingerprint density at radius 2 is 1.79 bits per heavy atom. The van der Waals surface area contributed by atoms with Crippen molar-refractivity contribution in [1.82, 2.24) is 10.6 Å². The molecule has 0 spiro atoms. The van der Waals surface area contributed by atoms with Gasteiger partial charge in [-0.05, 0) is 43.2 Å². The number of rotatable bonds is 7. The van der Waals surface area contributed by atoms with Crippen LogP contribution < -0.4 is 15.4 Å². The van der Waals surface area contributed by atoms with Crippen molar-refractivity contribution in [2.45, 2.75) is 32.5 Å². The summed E-state index contributed by atoms with van der Waals surface area (Å²) in [5.41, 5.74) is 2.00. The minimum atomic E-state index is -0.325. The van der Waals surface area contributed by atoms with E-state index < -0.39 is 0 Å². The molecule has 0 fully saturated rings. The highest BCUT2D eigenvalue weighted by atomic mass is 35.5. The second-order valence-electron chi connectivity index (χ2n) is 5.70. The molecule has 0 heterocycles. The molecule has 2 rings (SSSR count). The van der Waals surface area contributed by atoms with Gasteiger partial charge >= 0.3 is 0 Å². The molecule has 0 bridgehead atoms. The summed E-state index contributed by atoms with van der Waals surface area (Å²) in [5.74, 6) is 0.749. The summed E-state index contributed by atoms with van der Waals surface area (Å²) in [5, 5.41) is 6.90. The van der Waals surface area contributed by atoms with Gasteiger partial charge in [-0.25, -0.2) is 0 Å². The molecule has 0 aliphatic rings. The number of benzene rings is 2. The molecule has 5 heteroatoms. The summed E-state index contributed by atoms with van der Waals surface area (Å²) >= 11 is 6.20. The Labute approximate surface area is 148 Å². The normalized spacial score (nSPS) is 13.2. The van der Waals surface area contributed by atoms with Crippen LogP contribution >= 0.6 is 11.6 Å². The van der Waals surface area contributed by atoms with Gasteiger partial charge in [-0.3, -0.25) is 10.1 Å². The van der Waals surface area contributed by atoms with Gasteiger partial charge in [-0.15, -0.1) is 0 Å². The highest BCUT2D eigenvalue weighted by Gasteiger charge is 2.17. The van der Waals surface area contributed by atoms with E-state index in [1.54, 1.807) is 7.11 Å². The monoisotopic (exact) mass is 346 g/mol. The zero-order valence-corrected chi connectivity index (χ0v) is 14.9. The van der Waals surface area contributed by atoms with Gasteiger partial charge in [0.1, 0.15) is 5.75 Å². The smallest absolute Gasteiger partial charge is 0.237 e. The summed E-state index contributed by atoms with van der Waals surface area (Å²) in [6.45, 7) is 4.32. The molecule has 2 N–H and O–H groups in total. The van der Waals surface area contributed by atoms with Crippen LogP contribution in [-0.4, -0.2) is 19.1 Å². The van der Waals surface area contributed by atoms with E-state index in [0.717, 1.165) is 16.9 Å². The zero-order chi connectivity index (χ0) is 17.5. The van der Waals surface area contributed by atoms with E-state index in [9.17, 15) is 4.79 Å². The van der Waals surface area contributed by atoms with Crippen LogP contribution in [-0.2, 0) is 11.3 Å². The fourth-order valence-electron chi connectivity index (χ4n) is 2.45. The molecule has 0 aliphatic carbocycles. The third kappa shape index (κ3) is 4.98. The maximum absolute atomic E-state index is 12.3. The molecule has 4 nitrogen and oxygen atoms in total. The molecule has 1 amide bonds. The van der Waals surface area contributed by atoms with Gasteiger partial charge in [-0.1, -0.05) is 41.9 Å². The van der Waals surface area contributed by atoms with Crippen LogP contribution in [0.4, 0.5) is 0 Å². The summed E-state index contributed by atoms with van der Waals surface area (Å²) in [7, 11) is 1.63. The largest absolute Gasteiger partial charge is 0.497 e. The number of carbonyl (C=O) groups excluding carboxylic acids is 1.